The third-order valence-corrected chi connectivity index (χ3v) is 6.51. The molecule has 1 N–H and O–H groups in total. The van der Waals surface area contributed by atoms with Crippen LogP contribution in [-0.4, -0.2) is 55.1 Å². The Hall–Kier alpha value is -2.86. The zero-order chi connectivity index (χ0) is 23.0. The van der Waals surface area contributed by atoms with Crippen molar-refractivity contribution in [3.63, 3.8) is 0 Å². The number of hydrogen-bond donors (Lipinski definition) is 1. The fourth-order valence-electron chi connectivity index (χ4n) is 3.82. The van der Waals surface area contributed by atoms with Crippen molar-refractivity contribution in [2.45, 2.75) is 0 Å². The van der Waals surface area contributed by atoms with Gasteiger partial charge >= 0.3 is 0 Å². The van der Waals surface area contributed by atoms with Crippen molar-refractivity contribution in [2.24, 2.45) is 0 Å². The molecule has 1 aliphatic heterocycles. The molecule has 0 bridgehead atoms. The van der Waals surface area contributed by atoms with Gasteiger partial charge in [0.25, 0.3) is 5.91 Å². The zero-order valence-electron chi connectivity index (χ0n) is 18.3. The molecule has 0 radical (unpaired) electrons. The van der Waals surface area contributed by atoms with Gasteiger partial charge in [0, 0.05) is 57.2 Å². The number of rotatable bonds is 7. The lowest BCUT2D eigenvalue weighted by molar-refractivity contribution is 0.0958. The summed E-state index contributed by atoms with van der Waals surface area (Å²) in [6, 6.07) is 17.2. The number of carbonyl (C=O) groups excluding carboxylic acids is 1. The first-order valence-electron chi connectivity index (χ1n) is 11.0. The third kappa shape index (κ3) is 6.14. The van der Waals surface area contributed by atoms with Crippen molar-refractivity contribution in [2.75, 3.05) is 44.2 Å². The van der Waals surface area contributed by atoms with E-state index in [1.807, 2.05) is 66.9 Å². The van der Waals surface area contributed by atoms with Crippen molar-refractivity contribution in [3.8, 4) is 11.1 Å². The molecule has 1 aliphatic rings. The summed E-state index contributed by atoms with van der Waals surface area (Å²) >= 11 is 12.5. The maximum Gasteiger partial charge on any atom is 0.251 e. The Labute approximate surface area is 204 Å². The highest BCUT2D eigenvalue weighted by Gasteiger charge is 2.18. The second kappa shape index (κ2) is 11.3. The van der Waals surface area contributed by atoms with Gasteiger partial charge in [0.05, 0.1) is 15.7 Å². The zero-order valence-corrected chi connectivity index (χ0v) is 19.8. The summed E-state index contributed by atoms with van der Waals surface area (Å²) < 4.78 is 0. The highest BCUT2D eigenvalue weighted by atomic mass is 35.5. The Morgan fingerprint density at radius 2 is 1.73 bits per heavy atom. The molecule has 1 amide bonds. The molecule has 3 aromatic rings. The van der Waals surface area contributed by atoms with Crippen LogP contribution in [0.3, 0.4) is 0 Å². The van der Waals surface area contributed by atoms with Gasteiger partial charge in [-0.25, -0.2) is 0 Å². The maximum atomic E-state index is 12.4. The van der Waals surface area contributed by atoms with Gasteiger partial charge in [-0.15, -0.1) is 0 Å². The van der Waals surface area contributed by atoms with E-state index in [1.165, 1.54) is 0 Å². The molecule has 2 heterocycles. The fraction of sp³-hybridized carbons (Fsp3) is 0.231. The number of benzene rings is 2. The lowest BCUT2D eigenvalue weighted by Gasteiger charge is -2.36. The largest absolute Gasteiger partial charge is 0.368 e. The van der Waals surface area contributed by atoms with Gasteiger partial charge < -0.3 is 10.2 Å². The molecule has 1 saturated heterocycles. The van der Waals surface area contributed by atoms with E-state index in [0.29, 0.717) is 22.2 Å². The monoisotopic (exact) mass is 480 g/mol. The Morgan fingerprint density at radius 1 is 0.939 bits per heavy atom. The van der Waals surface area contributed by atoms with Crippen LogP contribution < -0.4 is 10.2 Å². The number of amides is 1. The van der Waals surface area contributed by atoms with E-state index in [-0.39, 0.29) is 5.91 Å². The molecule has 0 atom stereocenters. The number of carbonyl (C=O) groups is 1. The van der Waals surface area contributed by atoms with Crippen LogP contribution in [0.4, 0.5) is 5.69 Å². The van der Waals surface area contributed by atoms with E-state index in [2.05, 4.69) is 26.2 Å². The first kappa shape index (κ1) is 23.3. The van der Waals surface area contributed by atoms with Gasteiger partial charge in [0.15, 0.2) is 0 Å². The maximum absolute atomic E-state index is 12.4. The molecule has 2 aromatic carbocycles. The van der Waals surface area contributed by atoms with Gasteiger partial charge in [-0.1, -0.05) is 59.6 Å². The first-order valence-corrected chi connectivity index (χ1v) is 11.7. The number of nitrogens with zero attached hydrogens (tertiary/aromatic N) is 3. The highest BCUT2D eigenvalue weighted by Crippen LogP contribution is 2.32. The normalized spacial score (nSPS) is 14.5. The lowest BCUT2D eigenvalue weighted by Crippen LogP contribution is -2.46. The van der Waals surface area contributed by atoms with Gasteiger partial charge in [-0.2, -0.15) is 0 Å². The van der Waals surface area contributed by atoms with E-state index in [0.717, 1.165) is 49.5 Å². The predicted octanol–water partition coefficient (Wildman–Crippen LogP) is 5.16. The molecule has 4 rings (SSSR count). The Kier molecular flexibility index (Phi) is 8.00. The molecule has 170 valence electrons. The smallest absolute Gasteiger partial charge is 0.251 e. The van der Waals surface area contributed by atoms with Crippen LogP contribution in [0.1, 0.15) is 10.4 Å². The average molecular weight is 481 g/mol. The van der Waals surface area contributed by atoms with Gasteiger partial charge in [-0.05, 0) is 41.5 Å². The second-order valence-electron chi connectivity index (χ2n) is 7.86. The van der Waals surface area contributed by atoms with Crippen LogP contribution in [-0.2, 0) is 0 Å². The quantitative estimate of drug-likeness (QED) is 0.474. The third-order valence-electron chi connectivity index (χ3n) is 5.70. The Morgan fingerprint density at radius 3 is 2.45 bits per heavy atom. The van der Waals surface area contributed by atoms with E-state index >= 15 is 0 Å². The van der Waals surface area contributed by atoms with Gasteiger partial charge in [-0.3, -0.25) is 14.7 Å². The predicted molar refractivity (Wildman–Crippen MR) is 136 cm³/mol. The minimum absolute atomic E-state index is 0.0793. The molecule has 0 unspecified atom stereocenters. The van der Waals surface area contributed by atoms with Crippen molar-refractivity contribution in [3.05, 3.63) is 94.8 Å². The molecule has 7 heteroatoms. The fourth-order valence-corrected chi connectivity index (χ4v) is 4.23. The van der Waals surface area contributed by atoms with Crippen LogP contribution in [0.25, 0.3) is 11.1 Å². The standard InChI is InChI=1S/C26H26Cl2N4O/c27-23-6-3-7-24(25(23)28)32-17-15-31(16-18-32)14-2-1-13-30-26(33)21-10-8-20(9-11-21)22-5-4-12-29-19-22/h1-12,19H,13-18H2,(H,30,33)/b2-1+. The topological polar surface area (TPSA) is 48.5 Å². The van der Waals surface area contributed by atoms with Crippen LogP contribution in [0.2, 0.25) is 10.0 Å². The highest BCUT2D eigenvalue weighted by molar-refractivity contribution is 6.43. The lowest BCUT2D eigenvalue weighted by atomic mass is 10.1. The minimum atomic E-state index is -0.0793. The molecule has 0 saturated carbocycles. The Balaban J connectivity index is 1.18. The SMILES string of the molecule is O=C(NC/C=C/CN1CCN(c2cccc(Cl)c2Cl)CC1)c1ccc(-c2cccnc2)cc1. The minimum Gasteiger partial charge on any atom is -0.368 e. The van der Waals surface area contributed by atoms with Crippen LogP contribution in [0, 0.1) is 0 Å². The summed E-state index contributed by atoms with van der Waals surface area (Å²) in [5.74, 6) is -0.0793. The van der Waals surface area contributed by atoms with E-state index in [4.69, 9.17) is 23.2 Å². The number of pyridine rings is 1. The van der Waals surface area contributed by atoms with E-state index < -0.39 is 0 Å². The van der Waals surface area contributed by atoms with Gasteiger partial charge in [0.2, 0.25) is 0 Å². The number of aromatic nitrogens is 1. The van der Waals surface area contributed by atoms with E-state index in [1.54, 1.807) is 6.20 Å². The van der Waals surface area contributed by atoms with Crippen LogP contribution in [0.5, 0.6) is 0 Å². The van der Waals surface area contributed by atoms with Gasteiger partial charge in [0.1, 0.15) is 0 Å². The summed E-state index contributed by atoms with van der Waals surface area (Å²) in [7, 11) is 0. The molecule has 0 spiro atoms. The van der Waals surface area contributed by atoms with Crippen molar-refractivity contribution in [1.29, 1.82) is 0 Å². The van der Waals surface area contributed by atoms with Crippen molar-refractivity contribution in [1.82, 2.24) is 15.2 Å². The van der Waals surface area contributed by atoms with Crippen molar-refractivity contribution >= 4 is 34.8 Å². The summed E-state index contributed by atoms with van der Waals surface area (Å²) in [6.07, 6.45) is 7.66. The summed E-state index contributed by atoms with van der Waals surface area (Å²) in [6.45, 7) is 5.05. The van der Waals surface area contributed by atoms with Crippen LogP contribution in [0.15, 0.2) is 79.1 Å². The van der Waals surface area contributed by atoms with Crippen LogP contribution >= 0.6 is 23.2 Å². The summed E-state index contributed by atoms with van der Waals surface area (Å²) in [5, 5.41) is 4.15. The molecular weight excluding hydrogens is 455 g/mol. The number of hydrogen-bond acceptors (Lipinski definition) is 4. The summed E-state index contributed by atoms with van der Waals surface area (Å²) in [5.41, 5.74) is 3.71. The molecule has 1 aromatic heterocycles. The summed E-state index contributed by atoms with van der Waals surface area (Å²) in [4.78, 5) is 21.2. The Bertz CT molecular complexity index is 1100. The average Bonchev–Trinajstić information content (AvgIpc) is 2.86. The first-order chi connectivity index (χ1) is 16.1. The molecular formula is C26H26Cl2N4O. The van der Waals surface area contributed by atoms with Crippen molar-refractivity contribution < 1.29 is 4.79 Å². The molecule has 1 fully saturated rings. The number of halogens is 2. The van der Waals surface area contributed by atoms with E-state index in [9.17, 15) is 4.79 Å². The molecule has 5 nitrogen and oxygen atoms in total. The molecule has 0 aliphatic carbocycles. The number of piperazine rings is 1. The number of nitrogens with one attached hydrogen (secondary N) is 1. The second-order valence-corrected chi connectivity index (χ2v) is 8.65. The molecule has 33 heavy (non-hydrogen) atoms. The number of anilines is 1.